The predicted octanol–water partition coefficient (Wildman–Crippen LogP) is 3.82. The Morgan fingerprint density at radius 3 is 2.52 bits per heavy atom. The Kier molecular flexibility index (Phi) is 6.60. The summed E-state index contributed by atoms with van der Waals surface area (Å²) in [4.78, 5) is 33.7. The standard InChI is InChI=1S/C24H30FN3O2S/c1-3-26(4-2)24(30)22-16-18-15-17(9-10-21(18)31-22)23(29)28-13-11-27(12-14-28)20-8-6-5-7-19(20)25/h5-8,16-17H,3-4,9-15H2,1-2H3/t17-/m1/s1. The fraction of sp³-hybridized carbons (Fsp3) is 0.500. The predicted molar refractivity (Wildman–Crippen MR) is 122 cm³/mol. The first-order valence-corrected chi connectivity index (χ1v) is 12.0. The van der Waals surface area contributed by atoms with Gasteiger partial charge >= 0.3 is 0 Å². The van der Waals surface area contributed by atoms with Gasteiger partial charge in [-0.15, -0.1) is 11.3 Å². The van der Waals surface area contributed by atoms with E-state index in [0.29, 0.717) is 51.4 Å². The van der Waals surface area contributed by atoms with Gasteiger partial charge in [-0.05, 0) is 56.9 Å². The lowest BCUT2D eigenvalue weighted by molar-refractivity contribution is -0.136. The van der Waals surface area contributed by atoms with E-state index in [1.807, 2.05) is 40.7 Å². The Labute approximate surface area is 187 Å². The zero-order valence-corrected chi connectivity index (χ0v) is 19.1. The average Bonchev–Trinajstić information content (AvgIpc) is 3.23. The Balaban J connectivity index is 1.37. The molecule has 1 aliphatic carbocycles. The van der Waals surface area contributed by atoms with Gasteiger partial charge < -0.3 is 14.7 Å². The Morgan fingerprint density at radius 2 is 1.84 bits per heavy atom. The van der Waals surface area contributed by atoms with Crippen molar-refractivity contribution in [2.24, 2.45) is 5.92 Å². The van der Waals surface area contributed by atoms with Gasteiger partial charge in [0.25, 0.3) is 5.91 Å². The molecule has 1 saturated heterocycles. The number of hydrogen-bond donors (Lipinski definition) is 0. The van der Waals surface area contributed by atoms with Gasteiger partial charge in [-0.3, -0.25) is 9.59 Å². The van der Waals surface area contributed by atoms with Crippen molar-refractivity contribution in [3.63, 3.8) is 0 Å². The third kappa shape index (κ3) is 4.47. The molecule has 2 aromatic rings. The number of amides is 2. The minimum absolute atomic E-state index is 0.0292. The maximum atomic E-state index is 14.1. The van der Waals surface area contributed by atoms with Gasteiger partial charge in [-0.25, -0.2) is 4.39 Å². The van der Waals surface area contributed by atoms with E-state index in [1.165, 1.54) is 10.9 Å². The lowest BCUT2D eigenvalue weighted by atomic mass is 9.87. The van der Waals surface area contributed by atoms with Crippen molar-refractivity contribution in [1.82, 2.24) is 9.80 Å². The maximum Gasteiger partial charge on any atom is 0.263 e. The molecule has 0 N–H and O–H groups in total. The molecule has 1 aromatic carbocycles. The fourth-order valence-corrected chi connectivity index (χ4v) is 5.82. The molecular weight excluding hydrogens is 413 g/mol. The number of anilines is 1. The first-order chi connectivity index (χ1) is 15.0. The van der Waals surface area contributed by atoms with E-state index >= 15 is 0 Å². The first-order valence-electron chi connectivity index (χ1n) is 11.2. The topological polar surface area (TPSA) is 43.9 Å². The number of benzene rings is 1. The highest BCUT2D eigenvalue weighted by Crippen LogP contribution is 2.34. The van der Waals surface area contributed by atoms with Crippen LogP contribution in [0.3, 0.4) is 0 Å². The van der Waals surface area contributed by atoms with E-state index in [0.717, 1.165) is 23.3 Å². The summed E-state index contributed by atoms with van der Waals surface area (Å²) in [5.74, 6) is 0.0475. The minimum atomic E-state index is -0.213. The molecule has 31 heavy (non-hydrogen) atoms. The largest absolute Gasteiger partial charge is 0.366 e. The van der Waals surface area contributed by atoms with E-state index in [1.54, 1.807) is 23.5 Å². The van der Waals surface area contributed by atoms with Crippen LogP contribution >= 0.6 is 11.3 Å². The third-order valence-electron chi connectivity index (χ3n) is 6.48. The molecule has 166 valence electrons. The summed E-state index contributed by atoms with van der Waals surface area (Å²) >= 11 is 1.59. The number of hydrogen-bond acceptors (Lipinski definition) is 4. The van der Waals surface area contributed by atoms with Crippen molar-refractivity contribution in [2.75, 3.05) is 44.2 Å². The third-order valence-corrected chi connectivity index (χ3v) is 7.70. The summed E-state index contributed by atoms with van der Waals surface area (Å²) in [6, 6.07) is 8.82. The van der Waals surface area contributed by atoms with Crippen LogP contribution in [0.2, 0.25) is 0 Å². The number of rotatable bonds is 5. The molecule has 1 atom stereocenters. The molecule has 0 radical (unpaired) electrons. The van der Waals surface area contributed by atoms with E-state index in [2.05, 4.69) is 0 Å². The Hall–Kier alpha value is -2.41. The van der Waals surface area contributed by atoms with Crippen molar-refractivity contribution in [2.45, 2.75) is 33.1 Å². The number of halogens is 1. The van der Waals surface area contributed by atoms with Gasteiger partial charge in [-0.1, -0.05) is 12.1 Å². The minimum Gasteiger partial charge on any atom is -0.366 e. The Bertz CT molecular complexity index is 948. The normalized spacial score (nSPS) is 18.6. The smallest absolute Gasteiger partial charge is 0.263 e. The summed E-state index contributed by atoms with van der Waals surface area (Å²) < 4.78 is 14.1. The molecule has 2 heterocycles. The summed E-state index contributed by atoms with van der Waals surface area (Å²) in [6.07, 6.45) is 2.40. The zero-order valence-electron chi connectivity index (χ0n) is 18.3. The van der Waals surface area contributed by atoms with Crippen LogP contribution in [0.1, 0.15) is 40.4 Å². The van der Waals surface area contributed by atoms with Gasteiger partial charge in [0.2, 0.25) is 5.91 Å². The van der Waals surface area contributed by atoms with Gasteiger partial charge in [0.15, 0.2) is 0 Å². The lowest BCUT2D eigenvalue weighted by Gasteiger charge is -2.38. The molecule has 2 amide bonds. The zero-order chi connectivity index (χ0) is 22.0. The molecule has 1 fully saturated rings. The van der Waals surface area contributed by atoms with Crippen LogP contribution in [-0.4, -0.2) is 60.9 Å². The van der Waals surface area contributed by atoms with Crippen LogP contribution < -0.4 is 4.90 Å². The van der Waals surface area contributed by atoms with Crippen LogP contribution in [0.25, 0.3) is 0 Å². The van der Waals surface area contributed by atoms with Crippen LogP contribution in [0.5, 0.6) is 0 Å². The summed E-state index contributed by atoms with van der Waals surface area (Å²) in [5, 5.41) is 0. The van der Waals surface area contributed by atoms with E-state index in [9.17, 15) is 14.0 Å². The second-order valence-corrected chi connectivity index (χ2v) is 9.38. The van der Waals surface area contributed by atoms with Crippen molar-refractivity contribution in [3.05, 3.63) is 51.5 Å². The summed E-state index contributed by atoms with van der Waals surface area (Å²) in [5.41, 5.74) is 1.77. The van der Waals surface area contributed by atoms with Crippen LogP contribution in [0.4, 0.5) is 10.1 Å². The molecule has 1 aliphatic heterocycles. The molecule has 2 aliphatic rings. The molecule has 1 aromatic heterocycles. The average molecular weight is 444 g/mol. The maximum absolute atomic E-state index is 14.1. The van der Waals surface area contributed by atoms with Gasteiger partial charge in [0.1, 0.15) is 5.82 Å². The van der Waals surface area contributed by atoms with E-state index in [4.69, 9.17) is 0 Å². The fourth-order valence-electron chi connectivity index (χ4n) is 4.64. The lowest BCUT2D eigenvalue weighted by Crippen LogP contribution is -2.51. The molecular formula is C24H30FN3O2S. The number of piperazine rings is 1. The number of thiophene rings is 1. The van der Waals surface area contributed by atoms with Crippen molar-refractivity contribution >= 4 is 28.8 Å². The van der Waals surface area contributed by atoms with Crippen molar-refractivity contribution in [3.8, 4) is 0 Å². The highest BCUT2D eigenvalue weighted by Gasteiger charge is 2.32. The molecule has 5 nitrogen and oxygen atoms in total. The molecule has 0 saturated carbocycles. The van der Waals surface area contributed by atoms with E-state index in [-0.39, 0.29) is 23.5 Å². The van der Waals surface area contributed by atoms with Gasteiger partial charge in [-0.2, -0.15) is 0 Å². The second kappa shape index (κ2) is 9.39. The van der Waals surface area contributed by atoms with Gasteiger partial charge in [0.05, 0.1) is 10.6 Å². The number of carbonyl (C=O) groups excluding carboxylic acids is 2. The van der Waals surface area contributed by atoms with Crippen molar-refractivity contribution in [1.29, 1.82) is 0 Å². The quantitative estimate of drug-likeness (QED) is 0.706. The molecule has 0 bridgehead atoms. The molecule has 7 heteroatoms. The number of fused-ring (bicyclic) bond motifs is 1. The van der Waals surface area contributed by atoms with Gasteiger partial charge in [0, 0.05) is 50.1 Å². The molecule has 4 rings (SSSR count). The first kappa shape index (κ1) is 21.8. The molecule has 0 spiro atoms. The number of nitrogens with zero attached hydrogens (tertiary/aromatic N) is 3. The van der Waals surface area contributed by atoms with Crippen molar-refractivity contribution < 1.29 is 14.0 Å². The number of carbonyl (C=O) groups is 2. The highest BCUT2D eigenvalue weighted by atomic mass is 32.1. The Morgan fingerprint density at radius 1 is 1.13 bits per heavy atom. The highest BCUT2D eigenvalue weighted by molar-refractivity contribution is 7.14. The number of aryl methyl sites for hydroxylation is 1. The second-order valence-electron chi connectivity index (χ2n) is 8.24. The van der Waals surface area contributed by atoms with Crippen LogP contribution in [0, 0.1) is 11.7 Å². The number of para-hydroxylation sites is 1. The summed E-state index contributed by atoms with van der Waals surface area (Å²) in [7, 11) is 0. The SMILES string of the molecule is CCN(CC)C(=O)c1cc2c(s1)CC[C@@H](C(=O)N1CCN(c3ccccc3F)CC1)C2. The van der Waals surface area contributed by atoms with E-state index < -0.39 is 0 Å². The van der Waals surface area contributed by atoms with Crippen LogP contribution in [-0.2, 0) is 17.6 Å². The summed E-state index contributed by atoms with van der Waals surface area (Å²) in [6.45, 7) is 7.93. The van der Waals surface area contributed by atoms with Crippen LogP contribution in [0.15, 0.2) is 30.3 Å². The monoisotopic (exact) mass is 443 g/mol. The molecule has 0 unspecified atom stereocenters.